The van der Waals surface area contributed by atoms with Gasteiger partial charge in [0, 0.05) is 5.69 Å². The maximum atomic E-state index is 12.8. The molecule has 0 fully saturated rings. The molecule has 2 N–H and O–H groups in total. The van der Waals surface area contributed by atoms with Crippen LogP contribution in [0.5, 0.6) is 0 Å². The van der Waals surface area contributed by atoms with E-state index in [1.807, 2.05) is 0 Å². The average Bonchev–Trinajstić information content (AvgIpc) is 2.12. The van der Waals surface area contributed by atoms with Gasteiger partial charge in [-0.1, -0.05) is 5.16 Å². The first-order chi connectivity index (χ1) is 6.63. The highest BCUT2D eigenvalue weighted by molar-refractivity contribution is 9.10. The van der Waals surface area contributed by atoms with Gasteiger partial charge < -0.3 is 10.5 Å². The standard InChI is InChI=1S/C8H6BrFN2O2/c9-6-3-5(1-2-7(6)10)12-8(13)4-11-14/h1-4,14H,(H,12,13)/b11-4-. The summed E-state index contributed by atoms with van der Waals surface area (Å²) in [6, 6.07) is 4.00. The number of nitrogens with zero attached hydrogens (tertiary/aromatic N) is 1. The SMILES string of the molecule is O=C(/C=N\O)Nc1ccc(F)c(Br)c1. The number of oxime groups is 1. The first-order valence-electron chi connectivity index (χ1n) is 3.57. The summed E-state index contributed by atoms with van der Waals surface area (Å²) in [6.45, 7) is 0. The van der Waals surface area contributed by atoms with Crippen LogP contribution in [0.1, 0.15) is 0 Å². The number of rotatable bonds is 2. The summed E-state index contributed by atoms with van der Waals surface area (Å²) < 4.78 is 13.0. The summed E-state index contributed by atoms with van der Waals surface area (Å²) in [6.07, 6.45) is 0.706. The molecule has 0 aromatic heterocycles. The lowest BCUT2D eigenvalue weighted by Gasteiger charge is -2.02. The quantitative estimate of drug-likeness (QED) is 0.485. The largest absolute Gasteiger partial charge is 0.411 e. The van der Waals surface area contributed by atoms with E-state index in [2.05, 4.69) is 26.4 Å². The minimum atomic E-state index is -0.592. The lowest BCUT2D eigenvalue weighted by atomic mass is 10.3. The third-order valence-corrected chi connectivity index (χ3v) is 1.97. The molecule has 14 heavy (non-hydrogen) atoms. The Bertz CT molecular complexity index is 382. The Morgan fingerprint density at radius 1 is 1.64 bits per heavy atom. The van der Waals surface area contributed by atoms with Gasteiger partial charge in [-0.05, 0) is 34.1 Å². The number of carbonyl (C=O) groups is 1. The zero-order valence-corrected chi connectivity index (χ0v) is 8.45. The van der Waals surface area contributed by atoms with Gasteiger partial charge in [0.2, 0.25) is 0 Å². The summed E-state index contributed by atoms with van der Waals surface area (Å²) in [5.41, 5.74) is 0.406. The number of hydrogen-bond donors (Lipinski definition) is 2. The lowest BCUT2D eigenvalue weighted by molar-refractivity contribution is -0.110. The molecule has 0 aliphatic heterocycles. The van der Waals surface area contributed by atoms with Gasteiger partial charge in [0.25, 0.3) is 5.91 Å². The number of hydrogen-bond acceptors (Lipinski definition) is 3. The Balaban J connectivity index is 2.78. The van der Waals surface area contributed by atoms with Gasteiger partial charge in [-0.2, -0.15) is 0 Å². The van der Waals surface area contributed by atoms with Gasteiger partial charge in [0.15, 0.2) is 0 Å². The topological polar surface area (TPSA) is 61.7 Å². The van der Waals surface area contributed by atoms with E-state index in [1.165, 1.54) is 18.2 Å². The van der Waals surface area contributed by atoms with Crippen LogP contribution in [0.4, 0.5) is 10.1 Å². The van der Waals surface area contributed by atoms with Crippen LogP contribution in [0.3, 0.4) is 0 Å². The Hall–Kier alpha value is -1.43. The van der Waals surface area contributed by atoms with Crippen molar-refractivity contribution >= 4 is 33.7 Å². The van der Waals surface area contributed by atoms with E-state index in [0.717, 1.165) is 0 Å². The molecule has 0 saturated carbocycles. The zero-order chi connectivity index (χ0) is 10.6. The fraction of sp³-hybridized carbons (Fsp3) is 0. The number of amides is 1. The zero-order valence-electron chi connectivity index (χ0n) is 6.87. The maximum Gasteiger partial charge on any atom is 0.270 e. The van der Waals surface area contributed by atoms with Crippen molar-refractivity contribution in [3.05, 3.63) is 28.5 Å². The second-order valence-electron chi connectivity index (χ2n) is 2.36. The van der Waals surface area contributed by atoms with Crippen molar-refractivity contribution in [2.24, 2.45) is 5.16 Å². The normalized spacial score (nSPS) is 10.4. The van der Waals surface area contributed by atoms with Gasteiger partial charge >= 0.3 is 0 Å². The van der Waals surface area contributed by atoms with Gasteiger partial charge in [-0.15, -0.1) is 0 Å². The van der Waals surface area contributed by atoms with Gasteiger partial charge in [-0.3, -0.25) is 4.79 Å². The Morgan fingerprint density at radius 2 is 2.36 bits per heavy atom. The third kappa shape index (κ3) is 2.81. The number of anilines is 1. The fourth-order valence-corrected chi connectivity index (χ4v) is 1.18. The van der Waals surface area contributed by atoms with E-state index in [4.69, 9.17) is 5.21 Å². The predicted octanol–water partition coefficient (Wildman–Crippen LogP) is 1.99. The average molecular weight is 261 g/mol. The van der Waals surface area contributed by atoms with Crippen LogP contribution in [-0.2, 0) is 4.79 Å². The Morgan fingerprint density at radius 3 is 2.93 bits per heavy atom. The monoisotopic (exact) mass is 260 g/mol. The maximum absolute atomic E-state index is 12.8. The first-order valence-corrected chi connectivity index (χ1v) is 4.36. The first kappa shape index (κ1) is 10.6. The molecule has 4 nitrogen and oxygen atoms in total. The van der Waals surface area contributed by atoms with Crippen molar-refractivity contribution in [3.8, 4) is 0 Å². The van der Waals surface area contributed by atoms with E-state index in [9.17, 15) is 9.18 Å². The van der Waals surface area contributed by atoms with Crippen LogP contribution >= 0.6 is 15.9 Å². The molecule has 1 rings (SSSR count). The van der Waals surface area contributed by atoms with Crippen LogP contribution < -0.4 is 5.32 Å². The van der Waals surface area contributed by atoms with Gasteiger partial charge in [0.1, 0.15) is 12.0 Å². The molecule has 0 unspecified atom stereocenters. The molecule has 74 valence electrons. The molecule has 0 bridgehead atoms. The summed E-state index contributed by atoms with van der Waals surface area (Å²) >= 11 is 2.97. The summed E-state index contributed by atoms with van der Waals surface area (Å²) in [5.74, 6) is -1.01. The predicted molar refractivity (Wildman–Crippen MR) is 53.0 cm³/mol. The Labute approximate surface area is 87.5 Å². The molecule has 1 amide bonds. The minimum Gasteiger partial charge on any atom is -0.411 e. The van der Waals surface area contributed by atoms with Crippen LogP contribution in [0, 0.1) is 5.82 Å². The van der Waals surface area contributed by atoms with E-state index in [0.29, 0.717) is 11.9 Å². The van der Waals surface area contributed by atoms with Gasteiger partial charge in [0.05, 0.1) is 4.47 Å². The molecule has 0 heterocycles. The third-order valence-electron chi connectivity index (χ3n) is 1.36. The summed E-state index contributed by atoms with van der Waals surface area (Å²) in [4.78, 5) is 10.9. The second kappa shape index (κ2) is 4.71. The summed E-state index contributed by atoms with van der Waals surface area (Å²) in [7, 11) is 0. The molecule has 0 saturated heterocycles. The van der Waals surface area contributed by atoms with Crippen molar-refractivity contribution in [1.82, 2.24) is 0 Å². The highest BCUT2D eigenvalue weighted by Gasteiger charge is 2.02. The number of halogens is 2. The highest BCUT2D eigenvalue weighted by atomic mass is 79.9. The molecule has 6 heteroatoms. The van der Waals surface area contributed by atoms with E-state index < -0.39 is 11.7 Å². The van der Waals surface area contributed by atoms with Crippen molar-refractivity contribution in [2.75, 3.05) is 5.32 Å². The molecular formula is C8H6BrFN2O2. The van der Waals surface area contributed by atoms with Crippen LogP contribution in [0.2, 0.25) is 0 Å². The number of carbonyl (C=O) groups excluding carboxylic acids is 1. The van der Waals surface area contributed by atoms with E-state index in [1.54, 1.807) is 0 Å². The molecule has 0 radical (unpaired) electrons. The molecule has 0 aliphatic carbocycles. The van der Waals surface area contributed by atoms with Crippen molar-refractivity contribution in [3.63, 3.8) is 0 Å². The van der Waals surface area contributed by atoms with Gasteiger partial charge in [-0.25, -0.2) is 4.39 Å². The van der Waals surface area contributed by atoms with Crippen LogP contribution in [0.25, 0.3) is 0 Å². The number of benzene rings is 1. The smallest absolute Gasteiger partial charge is 0.270 e. The molecule has 0 atom stereocenters. The molecule has 1 aromatic carbocycles. The molecule has 0 aliphatic rings. The van der Waals surface area contributed by atoms with Crippen LogP contribution in [0.15, 0.2) is 27.8 Å². The second-order valence-corrected chi connectivity index (χ2v) is 3.22. The molecule has 0 spiro atoms. The lowest BCUT2D eigenvalue weighted by Crippen LogP contribution is -2.12. The highest BCUT2D eigenvalue weighted by Crippen LogP contribution is 2.19. The number of nitrogens with one attached hydrogen (secondary N) is 1. The molecular weight excluding hydrogens is 255 g/mol. The van der Waals surface area contributed by atoms with E-state index >= 15 is 0 Å². The van der Waals surface area contributed by atoms with Crippen molar-refractivity contribution < 1.29 is 14.4 Å². The molecule has 1 aromatic rings. The van der Waals surface area contributed by atoms with Crippen LogP contribution in [-0.4, -0.2) is 17.3 Å². The van der Waals surface area contributed by atoms with E-state index in [-0.39, 0.29) is 4.47 Å². The van der Waals surface area contributed by atoms with Crippen molar-refractivity contribution in [2.45, 2.75) is 0 Å². The summed E-state index contributed by atoms with van der Waals surface area (Å²) in [5, 5.41) is 13.0. The van der Waals surface area contributed by atoms with Crippen molar-refractivity contribution in [1.29, 1.82) is 0 Å². The fourth-order valence-electron chi connectivity index (χ4n) is 0.801. The minimum absolute atomic E-state index is 0.247. The Kier molecular flexibility index (Phi) is 3.58.